The molecule has 1 aliphatic rings. The van der Waals surface area contributed by atoms with Crippen LogP contribution in [0.2, 0.25) is 0 Å². The maximum Gasteiger partial charge on any atom is 0.261 e. The van der Waals surface area contributed by atoms with Crippen molar-refractivity contribution in [1.29, 1.82) is 0 Å². The molecule has 0 aliphatic heterocycles. The minimum Gasteiger partial charge on any atom is -0.409 e. The third kappa shape index (κ3) is 3.75. The first-order valence-corrected chi connectivity index (χ1v) is 8.13. The Balaban J connectivity index is 2.01. The third-order valence-corrected chi connectivity index (χ3v) is 5.20. The van der Waals surface area contributed by atoms with Gasteiger partial charge in [-0.25, -0.2) is 0 Å². The molecule has 0 fully saturated rings. The Labute approximate surface area is 129 Å². The van der Waals surface area contributed by atoms with E-state index in [2.05, 4.69) is 10.5 Å². The lowest BCUT2D eigenvalue weighted by atomic mass is 9.92. The number of nitrogens with two attached hydrogens (primary N) is 1. The van der Waals surface area contributed by atoms with E-state index in [-0.39, 0.29) is 11.7 Å². The molecule has 1 aliphatic carbocycles. The summed E-state index contributed by atoms with van der Waals surface area (Å²) in [5.41, 5.74) is 6.38. The van der Waals surface area contributed by atoms with Crippen LogP contribution in [0.3, 0.4) is 0 Å². The number of fused-ring (bicyclic) bond motifs is 1. The Hall–Kier alpha value is -1.56. The Morgan fingerprint density at radius 2 is 2.14 bits per heavy atom. The van der Waals surface area contributed by atoms with Gasteiger partial charge < -0.3 is 16.3 Å². The summed E-state index contributed by atoms with van der Waals surface area (Å²) in [7, 11) is 0. The lowest BCUT2D eigenvalue weighted by molar-refractivity contribution is 0.0948. The fourth-order valence-corrected chi connectivity index (χ4v) is 3.56. The Kier molecular flexibility index (Phi) is 4.88. The van der Waals surface area contributed by atoms with Crippen molar-refractivity contribution in [2.75, 3.05) is 6.54 Å². The second kappa shape index (κ2) is 6.47. The van der Waals surface area contributed by atoms with Gasteiger partial charge in [-0.1, -0.05) is 25.4 Å². The number of aryl methyl sites for hydroxylation is 2. The zero-order chi connectivity index (χ0) is 15.5. The molecule has 0 unspecified atom stereocenters. The number of hydrogen-bond donors (Lipinski definition) is 3. The quantitative estimate of drug-likeness (QED) is 0.262. The number of amides is 1. The van der Waals surface area contributed by atoms with E-state index in [0.717, 1.165) is 17.7 Å². The number of rotatable bonds is 4. The van der Waals surface area contributed by atoms with Gasteiger partial charge in [0, 0.05) is 16.8 Å². The smallest absolute Gasteiger partial charge is 0.261 e. The first-order chi connectivity index (χ1) is 9.94. The van der Waals surface area contributed by atoms with E-state index in [1.807, 2.05) is 19.9 Å². The van der Waals surface area contributed by atoms with Crippen LogP contribution in [-0.4, -0.2) is 23.5 Å². The highest BCUT2D eigenvalue weighted by atomic mass is 32.1. The molecule has 6 heteroatoms. The van der Waals surface area contributed by atoms with Crippen LogP contribution in [0.5, 0.6) is 0 Å². The highest BCUT2D eigenvalue weighted by Gasteiger charge is 2.25. The maximum absolute atomic E-state index is 12.3. The van der Waals surface area contributed by atoms with Crippen molar-refractivity contribution in [1.82, 2.24) is 5.32 Å². The van der Waals surface area contributed by atoms with Crippen molar-refractivity contribution in [3.63, 3.8) is 0 Å². The Morgan fingerprint density at radius 1 is 1.43 bits per heavy atom. The van der Waals surface area contributed by atoms with Gasteiger partial charge in [-0.2, -0.15) is 0 Å². The van der Waals surface area contributed by atoms with E-state index >= 15 is 0 Å². The molecule has 0 spiro atoms. The second-order valence-corrected chi connectivity index (χ2v) is 7.31. The first-order valence-electron chi connectivity index (χ1n) is 7.32. The van der Waals surface area contributed by atoms with Gasteiger partial charge >= 0.3 is 0 Å². The summed E-state index contributed by atoms with van der Waals surface area (Å²) in [6.45, 7) is 3.99. The molecule has 0 radical (unpaired) electrons. The molecule has 1 amide bonds. The lowest BCUT2D eigenvalue weighted by Crippen LogP contribution is -2.42. The number of hydrogen-bond acceptors (Lipinski definition) is 4. The fourth-order valence-electron chi connectivity index (χ4n) is 2.39. The van der Waals surface area contributed by atoms with Gasteiger partial charge in [0.05, 0.1) is 4.88 Å². The molecule has 0 saturated heterocycles. The molecular formula is C15H23N3O2S. The van der Waals surface area contributed by atoms with Gasteiger partial charge in [-0.3, -0.25) is 4.79 Å². The lowest BCUT2D eigenvalue weighted by Gasteiger charge is -2.22. The summed E-state index contributed by atoms with van der Waals surface area (Å²) < 4.78 is 0. The summed E-state index contributed by atoms with van der Waals surface area (Å²) >= 11 is 1.60. The van der Waals surface area contributed by atoms with E-state index in [9.17, 15) is 4.79 Å². The molecule has 0 bridgehead atoms. The van der Waals surface area contributed by atoms with Crippen molar-refractivity contribution in [2.45, 2.75) is 46.0 Å². The highest BCUT2D eigenvalue weighted by Crippen LogP contribution is 2.29. The minimum absolute atomic E-state index is 0.0770. The SMILES string of the molecule is CC(C)(CNC(=O)c1cc2c(s1)CCCCC2)C(N)=NO. The summed E-state index contributed by atoms with van der Waals surface area (Å²) in [5, 5.41) is 14.6. The normalized spacial score (nSPS) is 16.2. The summed E-state index contributed by atoms with van der Waals surface area (Å²) in [6.07, 6.45) is 5.86. The molecule has 21 heavy (non-hydrogen) atoms. The number of nitrogens with zero attached hydrogens (tertiary/aromatic N) is 1. The van der Waals surface area contributed by atoms with Gasteiger partial charge in [-0.05, 0) is 37.3 Å². The predicted octanol–water partition coefficient (Wildman–Crippen LogP) is 2.52. The average Bonchev–Trinajstić information content (AvgIpc) is 2.75. The molecule has 116 valence electrons. The summed E-state index contributed by atoms with van der Waals surface area (Å²) in [6, 6.07) is 2.02. The number of oxime groups is 1. The van der Waals surface area contributed by atoms with E-state index < -0.39 is 5.41 Å². The maximum atomic E-state index is 12.3. The van der Waals surface area contributed by atoms with Crippen LogP contribution < -0.4 is 11.1 Å². The Morgan fingerprint density at radius 3 is 2.86 bits per heavy atom. The summed E-state index contributed by atoms with van der Waals surface area (Å²) in [5.74, 6) is 0.0386. The highest BCUT2D eigenvalue weighted by molar-refractivity contribution is 7.14. The number of carbonyl (C=O) groups is 1. The Bertz CT molecular complexity index is 526. The number of nitrogens with one attached hydrogen (secondary N) is 1. The minimum atomic E-state index is -0.571. The third-order valence-electron chi connectivity index (χ3n) is 3.96. The number of thiophene rings is 1. The van der Waals surface area contributed by atoms with Gasteiger partial charge in [0.15, 0.2) is 0 Å². The molecule has 2 rings (SSSR count). The molecule has 4 N–H and O–H groups in total. The number of carbonyl (C=O) groups excluding carboxylic acids is 1. The standard InChI is InChI=1S/C15H23N3O2S/c1-15(2,14(16)18-20)9-17-13(19)12-8-10-6-4-3-5-7-11(10)21-12/h8,20H,3-7,9H2,1-2H3,(H2,16,18)(H,17,19). The molecule has 1 heterocycles. The largest absolute Gasteiger partial charge is 0.409 e. The molecule has 5 nitrogen and oxygen atoms in total. The number of amidine groups is 1. The van der Waals surface area contributed by atoms with Crippen molar-refractivity contribution in [2.24, 2.45) is 16.3 Å². The van der Waals surface area contributed by atoms with Crippen LogP contribution in [0.4, 0.5) is 0 Å². The van der Waals surface area contributed by atoms with Crippen LogP contribution in [0.15, 0.2) is 11.2 Å². The monoisotopic (exact) mass is 309 g/mol. The van der Waals surface area contributed by atoms with Gasteiger partial charge in [0.2, 0.25) is 0 Å². The van der Waals surface area contributed by atoms with Crippen LogP contribution >= 0.6 is 11.3 Å². The second-order valence-electron chi connectivity index (χ2n) is 6.17. The van der Waals surface area contributed by atoms with Gasteiger partial charge in [-0.15, -0.1) is 11.3 Å². The van der Waals surface area contributed by atoms with Crippen LogP contribution in [-0.2, 0) is 12.8 Å². The zero-order valence-electron chi connectivity index (χ0n) is 12.6. The van der Waals surface area contributed by atoms with Crippen molar-refractivity contribution in [3.05, 3.63) is 21.4 Å². The molecular weight excluding hydrogens is 286 g/mol. The van der Waals surface area contributed by atoms with Crippen molar-refractivity contribution in [3.8, 4) is 0 Å². The van der Waals surface area contributed by atoms with Crippen molar-refractivity contribution >= 4 is 23.1 Å². The molecule has 0 aromatic carbocycles. The van der Waals surface area contributed by atoms with Crippen molar-refractivity contribution < 1.29 is 10.0 Å². The van der Waals surface area contributed by atoms with E-state index in [0.29, 0.717) is 6.54 Å². The van der Waals surface area contributed by atoms with Crippen LogP contribution in [0, 0.1) is 5.41 Å². The van der Waals surface area contributed by atoms with Gasteiger partial charge in [0.1, 0.15) is 5.84 Å². The van der Waals surface area contributed by atoms with E-state index in [1.54, 1.807) is 11.3 Å². The molecule has 1 aromatic heterocycles. The molecule has 0 atom stereocenters. The average molecular weight is 309 g/mol. The first kappa shape index (κ1) is 15.8. The molecule has 0 saturated carbocycles. The van der Waals surface area contributed by atoms with Gasteiger partial charge in [0.25, 0.3) is 5.91 Å². The van der Waals surface area contributed by atoms with Crippen LogP contribution in [0.1, 0.15) is 53.2 Å². The van der Waals surface area contributed by atoms with E-state index in [1.165, 1.54) is 29.7 Å². The predicted molar refractivity (Wildman–Crippen MR) is 85.1 cm³/mol. The zero-order valence-corrected chi connectivity index (χ0v) is 13.4. The fraction of sp³-hybridized carbons (Fsp3) is 0.600. The van der Waals surface area contributed by atoms with E-state index in [4.69, 9.17) is 10.9 Å². The molecule has 1 aromatic rings. The van der Waals surface area contributed by atoms with Crippen LogP contribution in [0.25, 0.3) is 0 Å². The summed E-state index contributed by atoms with van der Waals surface area (Å²) in [4.78, 5) is 14.4. The topological polar surface area (TPSA) is 87.7 Å².